The van der Waals surface area contributed by atoms with Crippen molar-refractivity contribution < 1.29 is 14.3 Å². The summed E-state index contributed by atoms with van der Waals surface area (Å²) in [6.07, 6.45) is 1.70. The second kappa shape index (κ2) is 6.70. The van der Waals surface area contributed by atoms with Gasteiger partial charge in [0.1, 0.15) is 12.3 Å². The number of aromatic nitrogens is 1. The molecule has 6 nitrogen and oxygen atoms in total. The number of carbonyl (C=O) groups is 2. The van der Waals surface area contributed by atoms with Crippen LogP contribution in [0.15, 0.2) is 42.6 Å². The summed E-state index contributed by atoms with van der Waals surface area (Å²) in [6.45, 7) is 1.19. The van der Waals surface area contributed by atoms with Crippen LogP contribution in [0.25, 0.3) is 11.3 Å². The van der Waals surface area contributed by atoms with Crippen LogP contribution < -0.4 is 4.74 Å². The fourth-order valence-electron chi connectivity index (χ4n) is 2.68. The molecule has 0 saturated carbocycles. The van der Waals surface area contributed by atoms with Gasteiger partial charge in [0.05, 0.1) is 12.8 Å². The van der Waals surface area contributed by atoms with Crippen LogP contribution in [0.3, 0.4) is 0 Å². The molecule has 1 aromatic carbocycles. The predicted molar refractivity (Wildman–Crippen MR) is 89.8 cm³/mol. The number of nitrogens with zero attached hydrogens (tertiary/aromatic N) is 3. The zero-order valence-corrected chi connectivity index (χ0v) is 13.7. The second-order valence-electron chi connectivity index (χ2n) is 5.67. The average molecular weight is 325 g/mol. The van der Waals surface area contributed by atoms with Gasteiger partial charge in [0, 0.05) is 37.5 Å². The molecule has 2 aromatic rings. The third kappa shape index (κ3) is 3.08. The van der Waals surface area contributed by atoms with Crippen molar-refractivity contribution in [2.75, 3.05) is 33.8 Å². The molecule has 2 heterocycles. The van der Waals surface area contributed by atoms with Crippen LogP contribution in [0.4, 0.5) is 0 Å². The number of hydrogen-bond acceptors (Lipinski definition) is 4. The van der Waals surface area contributed by atoms with Crippen LogP contribution in [0, 0.1) is 0 Å². The van der Waals surface area contributed by atoms with Crippen molar-refractivity contribution in [2.45, 2.75) is 0 Å². The zero-order chi connectivity index (χ0) is 17.1. The van der Waals surface area contributed by atoms with Crippen molar-refractivity contribution >= 4 is 11.8 Å². The Kier molecular flexibility index (Phi) is 4.46. The number of ether oxygens (including phenoxy) is 1. The van der Waals surface area contributed by atoms with Gasteiger partial charge in [-0.15, -0.1) is 0 Å². The van der Waals surface area contributed by atoms with Gasteiger partial charge < -0.3 is 14.5 Å². The highest BCUT2D eigenvalue weighted by Gasteiger charge is 2.26. The van der Waals surface area contributed by atoms with E-state index in [4.69, 9.17) is 4.74 Å². The Balaban J connectivity index is 1.92. The van der Waals surface area contributed by atoms with Gasteiger partial charge in [-0.05, 0) is 30.3 Å². The van der Waals surface area contributed by atoms with Crippen LogP contribution >= 0.6 is 0 Å². The molecule has 3 rings (SSSR count). The standard InChI is InChI=1S/C18H19N3O3/c1-20-9-10-21(12-17(20)22)18(23)13-6-7-16(24-2)14(11-13)15-5-3-4-8-19-15/h3-8,11H,9-10,12H2,1-2H3. The minimum Gasteiger partial charge on any atom is -0.496 e. The van der Waals surface area contributed by atoms with Gasteiger partial charge in [-0.2, -0.15) is 0 Å². The Labute approximate surface area is 140 Å². The molecule has 0 N–H and O–H groups in total. The molecule has 0 bridgehead atoms. The van der Waals surface area contributed by atoms with Gasteiger partial charge >= 0.3 is 0 Å². The number of amides is 2. The maximum atomic E-state index is 12.7. The first-order valence-corrected chi connectivity index (χ1v) is 7.73. The largest absolute Gasteiger partial charge is 0.496 e. The van der Waals surface area contributed by atoms with E-state index in [1.807, 2.05) is 18.2 Å². The van der Waals surface area contributed by atoms with Gasteiger partial charge in [0.25, 0.3) is 5.91 Å². The van der Waals surface area contributed by atoms with E-state index in [1.54, 1.807) is 48.4 Å². The molecule has 1 aliphatic rings. The monoisotopic (exact) mass is 325 g/mol. The maximum Gasteiger partial charge on any atom is 0.254 e. The fraction of sp³-hybridized carbons (Fsp3) is 0.278. The Morgan fingerprint density at radius 2 is 2.04 bits per heavy atom. The van der Waals surface area contributed by atoms with Crippen LogP contribution in [0.2, 0.25) is 0 Å². The molecule has 0 radical (unpaired) electrons. The second-order valence-corrected chi connectivity index (χ2v) is 5.67. The molecule has 0 aliphatic carbocycles. The lowest BCUT2D eigenvalue weighted by Gasteiger charge is -2.32. The third-order valence-corrected chi connectivity index (χ3v) is 4.13. The fourth-order valence-corrected chi connectivity index (χ4v) is 2.68. The minimum absolute atomic E-state index is 0.0481. The van der Waals surface area contributed by atoms with Gasteiger partial charge in [-0.1, -0.05) is 6.07 Å². The van der Waals surface area contributed by atoms with Crippen molar-refractivity contribution in [3.05, 3.63) is 48.2 Å². The summed E-state index contributed by atoms with van der Waals surface area (Å²) in [7, 11) is 3.33. The lowest BCUT2D eigenvalue weighted by atomic mass is 10.0. The Hall–Kier alpha value is -2.89. The van der Waals surface area contributed by atoms with E-state index in [1.165, 1.54) is 0 Å². The van der Waals surface area contributed by atoms with E-state index in [0.717, 1.165) is 11.3 Å². The summed E-state index contributed by atoms with van der Waals surface area (Å²) >= 11 is 0. The van der Waals surface area contributed by atoms with Crippen LogP contribution in [-0.4, -0.2) is 60.4 Å². The normalized spacial score (nSPS) is 14.7. The molecule has 24 heavy (non-hydrogen) atoms. The first-order chi connectivity index (χ1) is 11.6. The van der Waals surface area contributed by atoms with Crippen molar-refractivity contribution in [1.29, 1.82) is 0 Å². The molecule has 0 spiro atoms. The number of hydrogen-bond donors (Lipinski definition) is 0. The molecule has 6 heteroatoms. The van der Waals surface area contributed by atoms with Crippen LogP contribution in [0.5, 0.6) is 5.75 Å². The van der Waals surface area contributed by atoms with Gasteiger partial charge in [-0.3, -0.25) is 14.6 Å². The Morgan fingerprint density at radius 1 is 1.21 bits per heavy atom. The number of pyridine rings is 1. The highest BCUT2D eigenvalue weighted by atomic mass is 16.5. The minimum atomic E-state index is -0.156. The average Bonchev–Trinajstić information content (AvgIpc) is 2.63. The number of carbonyl (C=O) groups excluding carboxylic acids is 2. The molecule has 1 aliphatic heterocycles. The maximum absolute atomic E-state index is 12.7. The van der Waals surface area contributed by atoms with Gasteiger partial charge in [0.15, 0.2) is 0 Å². The lowest BCUT2D eigenvalue weighted by Crippen LogP contribution is -2.50. The molecule has 1 aromatic heterocycles. The van der Waals surface area contributed by atoms with E-state index in [2.05, 4.69) is 4.98 Å². The van der Waals surface area contributed by atoms with E-state index >= 15 is 0 Å². The van der Waals surface area contributed by atoms with E-state index in [9.17, 15) is 9.59 Å². The topological polar surface area (TPSA) is 62.7 Å². The summed E-state index contributed by atoms with van der Waals surface area (Å²) in [4.78, 5) is 32.1. The van der Waals surface area contributed by atoms with Crippen molar-refractivity contribution in [3.63, 3.8) is 0 Å². The predicted octanol–water partition coefficient (Wildman–Crippen LogP) is 1.67. The van der Waals surface area contributed by atoms with E-state index in [0.29, 0.717) is 24.4 Å². The summed E-state index contributed by atoms with van der Waals surface area (Å²) in [5.41, 5.74) is 2.01. The summed E-state index contributed by atoms with van der Waals surface area (Å²) < 4.78 is 5.39. The molecule has 124 valence electrons. The zero-order valence-electron chi connectivity index (χ0n) is 13.7. The number of rotatable bonds is 3. The molecule has 2 amide bonds. The number of piperazine rings is 1. The van der Waals surface area contributed by atoms with Crippen molar-refractivity contribution in [2.24, 2.45) is 0 Å². The van der Waals surface area contributed by atoms with Crippen LogP contribution in [-0.2, 0) is 4.79 Å². The third-order valence-electron chi connectivity index (χ3n) is 4.13. The highest BCUT2D eigenvalue weighted by molar-refractivity contribution is 5.98. The van der Waals surface area contributed by atoms with Crippen molar-refractivity contribution in [3.8, 4) is 17.0 Å². The quantitative estimate of drug-likeness (QED) is 0.861. The molecule has 1 saturated heterocycles. The summed E-state index contributed by atoms with van der Waals surface area (Å²) in [5.74, 6) is 0.448. The molecule has 1 fully saturated rings. The molecule has 0 atom stereocenters. The Bertz CT molecular complexity index is 761. The lowest BCUT2D eigenvalue weighted by molar-refractivity contribution is -0.133. The smallest absolute Gasteiger partial charge is 0.254 e. The molecular formula is C18H19N3O3. The summed E-state index contributed by atoms with van der Waals surface area (Å²) in [6, 6.07) is 10.8. The summed E-state index contributed by atoms with van der Waals surface area (Å²) in [5, 5.41) is 0. The molecular weight excluding hydrogens is 306 g/mol. The number of likely N-dealkylation sites (N-methyl/N-ethyl adjacent to an activating group) is 1. The van der Waals surface area contributed by atoms with E-state index < -0.39 is 0 Å². The van der Waals surface area contributed by atoms with Crippen molar-refractivity contribution in [1.82, 2.24) is 14.8 Å². The highest BCUT2D eigenvalue weighted by Crippen LogP contribution is 2.29. The molecule has 0 unspecified atom stereocenters. The van der Waals surface area contributed by atoms with E-state index in [-0.39, 0.29) is 18.4 Å². The number of methoxy groups -OCH3 is 1. The first kappa shape index (κ1) is 16.0. The first-order valence-electron chi connectivity index (χ1n) is 7.73. The number of benzene rings is 1. The van der Waals surface area contributed by atoms with Gasteiger partial charge in [0.2, 0.25) is 5.91 Å². The van der Waals surface area contributed by atoms with Crippen LogP contribution in [0.1, 0.15) is 10.4 Å². The van der Waals surface area contributed by atoms with Gasteiger partial charge in [-0.25, -0.2) is 0 Å². The Morgan fingerprint density at radius 3 is 2.71 bits per heavy atom. The SMILES string of the molecule is COc1ccc(C(=O)N2CCN(C)C(=O)C2)cc1-c1ccccn1.